The van der Waals surface area contributed by atoms with Crippen molar-refractivity contribution in [2.75, 3.05) is 20.2 Å². The molecule has 1 aromatic rings. The monoisotopic (exact) mass is 262 g/mol. The number of methoxy groups -OCH3 is 1. The second-order valence-corrected chi connectivity index (χ2v) is 5.84. The highest BCUT2D eigenvalue weighted by molar-refractivity contribution is 5.39. The molecule has 0 spiro atoms. The van der Waals surface area contributed by atoms with E-state index in [2.05, 4.69) is 56.1 Å². The zero-order valence-corrected chi connectivity index (χ0v) is 12.7. The Morgan fingerprint density at radius 1 is 1.26 bits per heavy atom. The molecule has 2 rings (SSSR count). The largest absolute Gasteiger partial charge is 0.496 e. The zero-order chi connectivity index (χ0) is 14.0. The molecule has 0 aromatic heterocycles. The number of benzene rings is 1. The normalized spacial score (nSPS) is 26.2. The fourth-order valence-corrected chi connectivity index (χ4v) is 3.06. The third-order valence-electron chi connectivity index (χ3n) is 3.97. The van der Waals surface area contributed by atoms with Gasteiger partial charge in [0, 0.05) is 36.8 Å². The number of nitrogens with one attached hydrogen (secondary N) is 1. The van der Waals surface area contributed by atoms with Gasteiger partial charge in [-0.1, -0.05) is 17.7 Å². The van der Waals surface area contributed by atoms with Crippen LogP contribution in [0.5, 0.6) is 5.75 Å². The molecule has 3 atom stereocenters. The van der Waals surface area contributed by atoms with Crippen LogP contribution in [0.25, 0.3) is 0 Å². The summed E-state index contributed by atoms with van der Waals surface area (Å²) in [7, 11) is 1.75. The maximum atomic E-state index is 5.52. The Bertz CT molecular complexity index is 423. The average molecular weight is 262 g/mol. The van der Waals surface area contributed by atoms with E-state index in [9.17, 15) is 0 Å². The van der Waals surface area contributed by atoms with Crippen LogP contribution >= 0.6 is 0 Å². The van der Waals surface area contributed by atoms with Gasteiger partial charge in [-0.3, -0.25) is 4.90 Å². The number of nitrogens with zero attached hydrogens (tertiary/aromatic N) is 1. The van der Waals surface area contributed by atoms with Crippen LogP contribution < -0.4 is 10.1 Å². The number of rotatable bonds is 3. The third kappa shape index (κ3) is 3.28. The summed E-state index contributed by atoms with van der Waals surface area (Å²) in [6.45, 7) is 11.1. The third-order valence-corrected chi connectivity index (χ3v) is 3.97. The Labute approximate surface area is 116 Å². The van der Waals surface area contributed by atoms with Crippen molar-refractivity contribution in [1.82, 2.24) is 10.2 Å². The molecule has 1 aliphatic heterocycles. The summed E-state index contributed by atoms with van der Waals surface area (Å²) in [6.07, 6.45) is 0. The predicted molar refractivity (Wildman–Crippen MR) is 79.8 cm³/mol. The van der Waals surface area contributed by atoms with Gasteiger partial charge in [0.25, 0.3) is 0 Å². The Balaban J connectivity index is 2.23. The molecule has 1 saturated heterocycles. The summed E-state index contributed by atoms with van der Waals surface area (Å²) < 4.78 is 5.52. The lowest BCUT2D eigenvalue weighted by Gasteiger charge is -2.40. The molecule has 0 bridgehead atoms. The number of hydrogen-bond donors (Lipinski definition) is 1. The van der Waals surface area contributed by atoms with Crippen LogP contribution in [0, 0.1) is 6.92 Å². The van der Waals surface area contributed by atoms with Crippen molar-refractivity contribution in [3.05, 3.63) is 29.3 Å². The standard InChI is InChI=1S/C16H26N2O/c1-11-6-7-16(19-5)15(8-11)14(4)18-9-12(2)17-13(3)10-18/h6-8,12-14,17H,9-10H2,1-5H3. The molecular formula is C16H26N2O. The SMILES string of the molecule is COc1ccc(C)cc1C(C)N1CC(C)NC(C)C1. The van der Waals surface area contributed by atoms with E-state index in [1.165, 1.54) is 11.1 Å². The van der Waals surface area contributed by atoms with E-state index >= 15 is 0 Å². The van der Waals surface area contributed by atoms with Gasteiger partial charge >= 0.3 is 0 Å². The van der Waals surface area contributed by atoms with Crippen molar-refractivity contribution in [3.63, 3.8) is 0 Å². The van der Waals surface area contributed by atoms with Crippen molar-refractivity contribution in [1.29, 1.82) is 0 Å². The minimum Gasteiger partial charge on any atom is -0.496 e. The predicted octanol–water partition coefficient (Wildman–Crippen LogP) is 2.75. The first-order chi connectivity index (χ1) is 9.01. The molecule has 3 heteroatoms. The highest BCUT2D eigenvalue weighted by Gasteiger charge is 2.26. The Kier molecular flexibility index (Phi) is 4.48. The summed E-state index contributed by atoms with van der Waals surface area (Å²) >= 11 is 0. The second-order valence-electron chi connectivity index (χ2n) is 5.84. The van der Waals surface area contributed by atoms with Crippen LogP contribution in [0.3, 0.4) is 0 Å². The summed E-state index contributed by atoms with van der Waals surface area (Å²) in [4.78, 5) is 2.54. The molecule has 3 unspecified atom stereocenters. The summed E-state index contributed by atoms with van der Waals surface area (Å²) in [5.41, 5.74) is 2.59. The van der Waals surface area contributed by atoms with Gasteiger partial charge in [-0.15, -0.1) is 0 Å². The van der Waals surface area contributed by atoms with E-state index in [0.717, 1.165) is 18.8 Å². The second kappa shape index (κ2) is 5.93. The first-order valence-electron chi connectivity index (χ1n) is 7.16. The highest BCUT2D eigenvalue weighted by Crippen LogP contribution is 2.31. The van der Waals surface area contributed by atoms with Gasteiger partial charge in [0.15, 0.2) is 0 Å². The molecule has 0 saturated carbocycles. The minimum atomic E-state index is 0.391. The van der Waals surface area contributed by atoms with Crippen molar-refractivity contribution in [2.24, 2.45) is 0 Å². The maximum absolute atomic E-state index is 5.52. The number of piperazine rings is 1. The topological polar surface area (TPSA) is 24.5 Å². The average Bonchev–Trinajstić information content (AvgIpc) is 2.36. The van der Waals surface area contributed by atoms with E-state index in [-0.39, 0.29) is 0 Å². The Hall–Kier alpha value is -1.06. The molecule has 3 nitrogen and oxygen atoms in total. The molecule has 0 amide bonds. The molecule has 19 heavy (non-hydrogen) atoms. The molecule has 0 radical (unpaired) electrons. The Morgan fingerprint density at radius 3 is 2.47 bits per heavy atom. The lowest BCUT2D eigenvalue weighted by Crippen LogP contribution is -2.54. The Morgan fingerprint density at radius 2 is 1.89 bits per heavy atom. The number of aryl methyl sites for hydroxylation is 1. The fraction of sp³-hybridized carbons (Fsp3) is 0.625. The van der Waals surface area contributed by atoms with E-state index in [1.54, 1.807) is 7.11 Å². The van der Waals surface area contributed by atoms with E-state index in [0.29, 0.717) is 18.1 Å². The smallest absolute Gasteiger partial charge is 0.123 e. The van der Waals surface area contributed by atoms with Crippen LogP contribution in [0.4, 0.5) is 0 Å². The molecule has 106 valence electrons. The molecule has 1 N–H and O–H groups in total. The van der Waals surface area contributed by atoms with Gasteiger partial charge in [-0.25, -0.2) is 0 Å². The summed E-state index contributed by atoms with van der Waals surface area (Å²) in [5, 5.41) is 3.58. The molecule has 1 aliphatic rings. The quantitative estimate of drug-likeness (QED) is 0.906. The summed E-state index contributed by atoms with van der Waals surface area (Å²) in [6, 6.07) is 7.92. The van der Waals surface area contributed by atoms with E-state index in [1.807, 2.05) is 0 Å². The lowest BCUT2D eigenvalue weighted by molar-refractivity contribution is 0.130. The van der Waals surface area contributed by atoms with Gasteiger partial charge in [0.1, 0.15) is 5.75 Å². The maximum Gasteiger partial charge on any atom is 0.123 e. The van der Waals surface area contributed by atoms with Crippen molar-refractivity contribution >= 4 is 0 Å². The van der Waals surface area contributed by atoms with Crippen LogP contribution in [0.2, 0.25) is 0 Å². The van der Waals surface area contributed by atoms with Crippen LogP contribution in [0.1, 0.15) is 37.9 Å². The molecule has 1 heterocycles. The van der Waals surface area contributed by atoms with E-state index in [4.69, 9.17) is 4.74 Å². The highest BCUT2D eigenvalue weighted by atomic mass is 16.5. The molecule has 1 fully saturated rings. The zero-order valence-electron chi connectivity index (χ0n) is 12.7. The first kappa shape index (κ1) is 14.4. The molecule has 1 aromatic carbocycles. The molecule has 0 aliphatic carbocycles. The van der Waals surface area contributed by atoms with Gasteiger partial charge in [-0.05, 0) is 33.8 Å². The van der Waals surface area contributed by atoms with E-state index < -0.39 is 0 Å². The van der Waals surface area contributed by atoms with Crippen molar-refractivity contribution < 1.29 is 4.74 Å². The fourth-order valence-electron chi connectivity index (χ4n) is 3.06. The minimum absolute atomic E-state index is 0.391. The van der Waals surface area contributed by atoms with Crippen LogP contribution in [-0.4, -0.2) is 37.2 Å². The van der Waals surface area contributed by atoms with Crippen molar-refractivity contribution in [2.45, 2.75) is 45.8 Å². The lowest BCUT2D eigenvalue weighted by atomic mass is 10.0. The number of hydrogen-bond acceptors (Lipinski definition) is 3. The van der Waals surface area contributed by atoms with Gasteiger partial charge in [0.05, 0.1) is 7.11 Å². The number of ether oxygens (including phenoxy) is 1. The van der Waals surface area contributed by atoms with Crippen molar-refractivity contribution in [3.8, 4) is 5.75 Å². The van der Waals surface area contributed by atoms with Crippen LogP contribution in [-0.2, 0) is 0 Å². The molecular weight excluding hydrogens is 236 g/mol. The van der Waals surface area contributed by atoms with Crippen LogP contribution in [0.15, 0.2) is 18.2 Å². The summed E-state index contributed by atoms with van der Waals surface area (Å²) in [5.74, 6) is 0.997. The van der Waals surface area contributed by atoms with Gasteiger partial charge in [-0.2, -0.15) is 0 Å². The van der Waals surface area contributed by atoms with Gasteiger partial charge < -0.3 is 10.1 Å². The van der Waals surface area contributed by atoms with Gasteiger partial charge in [0.2, 0.25) is 0 Å². The first-order valence-corrected chi connectivity index (χ1v) is 7.16.